The predicted molar refractivity (Wildman–Crippen MR) is 72.8 cm³/mol. The van der Waals surface area contributed by atoms with E-state index in [0.717, 1.165) is 5.02 Å². The van der Waals surface area contributed by atoms with Crippen LogP contribution in [-0.2, 0) is 9.53 Å². The zero-order chi connectivity index (χ0) is 13.0. The van der Waals surface area contributed by atoms with E-state index in [-0.39, 0.29) is 11.9 Å². The van der Waals surface area contributed by atoms with Gasteiger partial charge in [0.05, 0.1) is 13.5 Å². The van der Waals surface area contributed by atoms with Crippen molar-refractivity contribution in [2.75, 3.05) is 7.11 Å². The first-order chi connectivity index (χ1) is 8.70. The van der Waals surface area contributed by atoms with Crippen molar-refractivity contribution in [3.63, 3.8) is 0 Å². The predicted octanol–water partition coefficient (Wildman–Crippen LogP) is 4.18. The second-order valence-corrected chi connectivity index (χ2v) is 5.42. The van der Waals surface area contributed by atoms with Crippen molar-refractivity contribution in [3.05, 3.63) is 34.9 Å². The number of benzene rings is 1. The summed E-state index contributed by atoms with van der Waals surface area (Å²) in [7, 11) is 1.45. The highest BCUT2D eigenvalue weighted by Gasteiger charge is 2.28. The molecule has 1 unspecified atom stereocenters. The standard InChI is InChI=1S/C15H19ClO2/c1-18-15(17)10-14(11-4-2-3-5-11)12-6-8-13(16)9-7-12/h6-9,11,14H,2-5,10H2,1H3. The molecule has 0 bridgehead atoms. The van der Waals surface area contributed by atoms with Gasteiger partial charge in [0.15, 0.2) is 0 Å². The van der Waals surface area contributed by atoms with E-state index in [0.29, 0.717) is 12.3 Å². The zero-order valence-electron chi connectivity index (χ0n) is 10.7. The van der Waals surface area contributed by atoms with Crippen LogP contribution >= 0.6 is 11.6 Å². The van der Waals surface area contributed by atoms with Gasteiger partial charge in [-0.05, 0) is 42.4 Å². The third kappa shape index (κ3) is 3.26. The fraction of sp³-hybridized carbons (Fsp3) is 0.533. The SMILES string of the molecule is COC(=O)CC(c1ccc(Cl)cc1)C1CCCC1. The van der Waals surface area contributed by atoms with Crippen molar-refractivity contribution >= 4 is 17.6 Å². The molecule has 98 valence electrons. The first-order valence-corrected chi connectivity index (χ1v) is 6.91. The van der Waals surface area contributed by atoms with E-state index in [1.807, 2.05) is 24.3 Å². The molecule has 0 N–H and O–H groups in total. The van der Waals surface area contributed by atoms with E-state index in [9.17, 15) is 4.79 Å². The highest BCUT2D eigenvalue weighted by atomic mass is 35.5. The van der Waals surface area contributed by atoms with Crippen LogP contribution in [0.1, 0.15) is 43.6 Å². The Morgan fingerprint density at radius 2 is 1.94 bits per heavy atom. The second-order valence-electron chi connectivity index (χ2n) is 4.98. The largest absolute Gasteiger partial charge is 0.469 e. The third-order valence-corrected chi connectivity index (χ3v) is 4.13. The van der Waals surface area contributed by atoms with Gasteiger partial charge in [0.25, 0.3) is 0 Å². The molecule has 1 aromatic carbocycles. The lowest BCUT2D eigenvalue weighted by molar-refractivity contribution is -0.141. The first kappa shape index (κ1) is 13.4. The van der Waals surface area contributed by atoms with E-state index >= 15 is 0 Å². The van der Waals surface area contributed by atoms with E-state index < -0.39 is 0 Å². The zero-order valence-corrected chi connectivity index (χ0v) is 11.5. The van der Waals surface area contributed by atoms with Crippen molar-refractivity contribution < 1.29 is 9.53 Å². The van der Waals surface area contributed by atoms with Crippen molar-refractivity contribution in [3.8, 4) is 0 Å². The van der Waals surface area contributed by atoms with E-state index in [1.165, 1.54) is 38.4 Å². The smallest absolute Gasteiger partial charge is 0.306 e. The number of ether oxygens (including phenoxy) is 1. The van der Waals surface area contributed by atoms with Crippen LogP contribution in [0.2, 0.25) is 5.02 Å². The summed E-state index contributed by atoms with van der Waals surface area (Å²) in [5.74, 6) is 0.754. The Hall–Kier alpha value is -1.02. The normalized spacial score (nSPS) is 17.7. The van der Waals surface area contributed by atoms with Crippen molar-refractivity contribution in [1.82, 2.24) is 0 Å². The van der Waals surface area contributed by atoms with Crippen LogP contribution < -0.4 is 0 Å². The molecule has 0 spiro atoms. The maximum atomic E-state index is 11.6. The van der Waals surface area contributed by atoms with Crippen LogP contribution in [0.15, 0.2) is 24.3 Å². The Kier molecular flexibility index (Phi) is 4.65. The summed E-state index contributed by atoms with van der Waals surface area (Å²) in [6, 6.07) is 7.87. The number of carbonyl (C=O) groups is 1. The number of esters is 1. The van der Waals surface area contributed by atoms with Crippen LogP contribution in [0.25, 0.3) is 0 Å². The van der Waals surface area contributed by atoms with E-state index in [2.05, 4.69) is 0 Å². The molecule has 1 aliphatic rings. The van der Waals surface area contributed by atoms with Gasteiger partial charge in [-0.1, -0.05) is 36.6 Å². The molecule has 1 aliphatic carbocycles. The van der Waals surface area contributed by atoms with Gasteiger partial charge >= 0.3 is 5.97 Å². The molecule has 2 rings (SSSR count). The summed E-state index contributed by atoms with van der Waals surface area (Å²) in [5, 5.41) is 0.738. The maximum absolute atomic E-state index is 11.6. The van der Waals surface area contributed by atoms with E-state index in [4.69, 9.17) is 16.3 Å². The van der Waals surface area contributed by atoms with Gasteiger partial charge in [-0.15, -0.1) is 0 Å². The minimum absolute atomic E-state index is 0.123. The lowest BCUT2D eigenvalue weighted by Gasteiger charge is -2.23. The van der Waals surface area contributed by atoms with Crippen LogP contribution in [0, 0.1) is 5.92 Å². The molecule has 2 nitrogen and oxygen atoms in total. The monoisotopic (exact) mass is 266 g/mol. The maximum Gasteiger partial charge on any atom is 0.306 e. The number of hydrogen-bond acceptors (Lipinski definition) is 2. The molecule has 1 fully saturated rings. The minimum Gasteiger partial charge on any atom is -0.469 e. The molecule has 3 heteroatoms. The van der Waals surface area contributed by atoms with Gasteiger partial charge < -0.3 is 4.74 Å². The molecule has 0 amide bonds. The quantitative estimate of drug-likeness (QED) is 0.765. The number of hydrogen-bond donors (Lipinski definition) is 0. The minimum atomic E-state index is -0.123. The summed E-state index contributed by atoms with van der Waals surface area (Å²) < 4.78 is 4.82. The third-order valence-electron chi connectivity index (χ3n) is 3.88. The summed E-state index contributed by atoms with van der Waals surface area (Å²) in [6.07, 6.45) is 5.45. The Morgan fingerprint density at radius 3 is 2.50 bits per heavy atom. The molecule has 0 radical (unpaired) electrons. The van der Waals surface area contributed by atoms with Gasteiger partial charge in [0.2, 0.25) is 0 Å². The summed E-state index contributed by atoms with van der Waals surface area (Å²) >= 11 is 5.92. The molecule has 0 saturated heterocycles. The summed E-state index contributed by atoms with van der Waals surface area (Å²) in [5.41, 5.74) is 1.21. The van der Waals surface area contributed by atoms with Gasteiger partial charge in [0.1, 0.15) is 0 Å². The molecule has 1 atom stereocenters. The topological polar surface area (TPSA) is 26.3 Å². The lowest BCUT2D eigenvalue weighted by Crippen LogP contribution is -2.15. The molecular weight excluding hydrogens is 248 g/mol. The van der Waals surface area contributed by atoms with Gasteiger partial charge in [-0.2, -0.15) is 0 Å². The van der Waals surface area contributed by atoms with Crippen molar-refractivity contribution in [1.29, 1.82) is 0 Å². The average molecular weight is 267 g/mol. The molecule has 18 heavy (non-hydrogen) atoms. The Labute approximate surface area is 113 Å². The summed E-state index contributed by atoms with van der Waals surface area (Å²) in [4.78, 5) is 11.6. The van der Waals surface area contributed by atoms with Gasteiger partial charge in [0, 0.05) is 5.02 Å². The average Bonchev–Trinajstić information content (AvgIpc) is 2.90. The highest BCUT2D eigenvalue weighted by molar-refractivity contribution is 6.30. The molecule has 0 aliphatic heterocycles. The Bertz CT molecular complexity index is 393. The Balaban J connectivity index is 2.17. The summed E-state index contributed by atoms with van der Waals surface area (Å²) in [6.45, 7) is 0. The van der Waals surface area contributed by atoms with Crippen LogP contribution in [0.4, 0.5) is 0 Å². The molecule has 1 aromatic rings. The van der Waals surface area contributed by atoms with Crippen molar-refractivity contribution in [2.24, 2.45) is 5.92 Å². The number of halogens is 1. The fourth-order valence-electron chi connectivity index (χ4n) is 2.89. The van der Waals surface area contributed by atoms with Gasteiger partial charge in [-0.3, -0.25) is 4.79 Å². The first-order valence-electron chi connectivity index (χ1n) is 6.53. The van der Waals surface area contributed by atoms with Crippen LogP contribution in [0.5, 0.6) is 0 Å². The molecule has 0 heterocycles. The molecule has 0 aromatic heterocycles. The van der Waals surface area contributed by atoms with E-state index in [1.54, 1.807) is 0 Å². The number of rotatable bonds is 4. The number of carbonyl (C=O) groups excluding carboxylic acids is 1. The second kappa shape index (κ2) is 6.24. The lowest BCUT2D eigenvalue weighted by atomic mass is 9.82. The van der Waals surface area contributed by atoms with Crippen LogP contribution in [0.3, 0.4) is 0 Å². The molecule has 1 saturated carbocycles. The fourth-order valence-corrected chi connectivity index (χ4v) is 3.02. The number of methoxy groups -OCH3 is 1. The molecular formula is C15H19ClO2. The van der Waals surface area contributed by atoms with Crippen molar-refractivity contribution in [2.45, 2.75) is 38.0 Å². The van der Waals surface area contributed by atoms with Crippen LogP contribution in [-0.4, -0.2) is 13.1 Å². The van der Waals surface area contributed by atoms with Gasteiger partial charge in [-0.25, -0.2) is 0 Å². The Morgan fingerprint density at radius 1 is 1.33 bits per heavy atom. The highest BCUT2D eigenvalue weighted by Crippen LogP contribution is 2.39.